The Hall–Kier alpha value is -3.00. The SMILES string of the molecule is CC(C)(C)c1ccc(-c2ncnc3c2-c2cc4ccccc4cc2C3(C)C)cc1. The van der Waals surface area contributed by atoms with Gasteiger partial charge in [-0.15, -0.1) is 0 Å². The zero-order valence-electron chi connectivity index (χ0n) is 17.7. The van der Waals surface area contributed by atoms with Crippen LogP contribution in [0.4, 0.5) is 0 Å². The summed E-state index contributed by atoms with van der Waals surface area (Å²) in [5.74, 6) is 0. The van der Waals surface area contributed by atoms with E-state index in [4.69, 9.17) is 9.97 Å². The Morgan fingerprint density at radius 3 is 2.10 bits per heavy atom. The zero-order chi connectivity index (χ0) is 20.4. The van der Waals surface area contributed by atoms with Crippen LogP contribution in [0.2, 0.25) is 0 Å². The van der Waals surface area contributed by atoms with Gasteiger partial charge in [-0.05, 0) is 45.0 Å². The number of rotatable bonds is 1. The summed E-state index contributed by atoms with van der Waals surface area (Å²) < 4.78 is 0. The first-order valence-corrected chi connectivity index (χ1v) is 10.3. The summed E-state index contributed by atoms with van der Waals surface area (Å²) in [6.07, 6.45) is 1.72. The molecular weight excluding hydrogens is 352 g/mol. The predicted octanol–water partition coefficient (Wildman–Crippen LogP) is 6.90. The number of hydrogen-bond acceptors (Lipinski definition) is 2. The lowest BCUT2D eigenvalue weighted by Gasteiger charge is -2.20. The predicted molar refractivity (Wildman–Crippen MR) is 121 cm³/mol. The molecule has 0 amide bonds. The Morgan fingerprint density at radius 1 is 0.793 bits per heavy atom. The number of fused-ring (bicyclic) bond motifs is 4. The van der Waals surface area contributed by atoms with Crippen LogP contribution in [0.25, 0.3) is 33.2 Å². The van der Waals surface area contributed by atoms with Crippen LogP contribution >= 0.6 is 0 Å². The van der Waals surface area contributed by atoms with E-state index in [1.54, 1.807) is 6.33 Å². The molecule has 29 heavy (non-hydrogen) atoms. The zero-order valence-corrected chi connectivity index (χ0v) is 17.7. The molecule has 1 aromatic heterocycles. The molecular formula is C27H26N2. The fraction of sp³-hybridized carbons (Fsp3) is 0.259. The third kappa shape index (κ3) is 2.70. The molecule has 3 aromatic carbocycles. The number of benzene rings is 3. The van der Waals surface area contributed by atoms with E-state index in [1.165, 1.54) is 33.0 Å². The third-order valence-corrected chi connectivity index (χ3v) is 6.29. The molecule has 4 aromatic rings. The number of aromatic nitrogens is 2. The van der Waals surface area contributed by atoms with E-state index in [0.717, 1.165) is 17.0 Å². The largest absolute Gasteiger partial charge is 0.240 e. The van der Waals surface area contributed by atoms with Crippen LogP contribution in [0.5, 0.6) is 0 Å². The fourth-order valence-electron chi connectivity index (χ4n) is 4.55. The third-order valence-electron chi connectivity index (χ3n) is 6.29. The van der Waals surface area contributed by atoms with Crippen LogP contribution in [0, 0.1) is 0 Å². The minimum Gasteiger partial charge on any atom is -0.240 e. The summed E-state index contributed by atoms with van der Waals surface area (Å²) in [6.45, 7) is 11.3. The molecule has 0 N–H and O–H groups in total. The first-order chi connectivity index (χ1) is 13.8. The van der Waals surface area contributed by atoms with Crippen LogP contribution in [0.3, 0.4) is 0 Å². The average Bonchev–Trinajstić information content (AvgIpc) is 2.93. The van der Waals surface area contributed by atoms with Crippen LogP contribution in [0.15, 0.2) is 67.0 Å². The molecule has 0 spiro atoms. The number of hydrogen-bond donors (Lipinski definition) is 0. The van der Waals surface area contributed by atoms with E-state index in [9.17, 15) is 0 Å². The summed E-state index contributed by atoms with van der Waals surface area (Å²) in [5.41, 5.74) is 8.40. The maximum absolute atomic E-state index is 4.75. The molecule has 0 saturated heterocycles. The lowest BCUT2D eigenvalue weighted by atomic mass is 9.84. The molecule has 0 atom stereocenters. The highest BCUT2D eigenvalue weighted by Crippen LogP contribution is 2.51. The van der Waals surface area contributed by atoms with Gasteiger partial charge in [0.15, 0.2) is 0 Å². The number of nitrogens with zero attached hydrogens (tertiary/aromatic N) is 2. The molecule has 2 heteroatoms. The van der Waals surface area contributed by atoms with Crippen LogP contribution in [0.1, 0.15) is 51.4 Å². The van der Waals surface area contributed by atoms with Crippen LogP contribution in [-0.2, 0) is 10.8 Å². The summed E-state index contributed by atoms with van der Waals surface area (Å²) in [6, 6.07) is 22.1. The first kappa shape index (κ1) is 18.1. The Bertz CT molecular complexity index is 1240. The molecule has 0 aliphatic heterocycles. The van der Waals surface area contributed by atoms with Crippen molar-refractivity contribution < 1.29 is 0 Å². The smallest absolute Gasteiger partial charge is 0.116 e. The maximum atomic E-state index is 4.75. The topological polar surface area (TPSA) is 25.8 Å². The van der Waals surface area contributed by atoms with Gasteiger partial charge in [0.2, 0.25) is 0 Å². The maximum Gasteiger partial charge on any atom is 0.116 e. The second-order valence-electron chi connectivity index (χ2n) is 9.64. The minimum absolute atomic E-state index is 0.139. The summed E-state index contributed by atoms with van der Waals surface area (Å²) in [4.78, 5) is 9.50. The van der Waals surface area contributed by atoms with Crippen molar-refractivity contribution in [3.8, 4) is 22.4 Å². The van der Waals surface area contributed by atoms with Gasteiger partial charge in [0.05, 0.1) is 11.4 Å². The standard InChI is InChI=1S/C27H26N2/c1-26(2,3)20-12-10-17(11-13-20)24-23-21-14-18-8-6-7-9-19(18)15-22(21)27(4,5)25(23)29-16-28-24/h6-16H,1-5H3. The lowest BCUT2D eigenvalue weighted by molar-refractivity contribution is 0.590. The van der Waals surface area contributed by atoms with E-state index in [-0.39, 0.29) is 10.8 Å². The van der Waals surface area contributed by atoms with Crippen molar-refractivity contribution in [2.75, 3.05) is 0 Å². The molecule has 1 heterocycles. The van der Waals surface area contributed by atoms with Crippen molar-refractivity contribution in [2.24, 2.45) is 0 Å². The van der Waals surface area contributed by atoms with Crippen molar-refractivity contribution in [3.05, 3.63) is 83.8 Å². The van der Waals surface area contributed by atoms with Gasteiger partial charge in [-0.25, -0.2) is 9.97 Å². The van der Waals surface area contributed by atoms with Crippen molar-refractivity contribution in [1.82, 2.24) is 9.97 Å². The quantitative estimate of drug-likeness (QED) is 0.360. The van der Waals surface area contributed by atoms with Gasteiger partial charge in [-0.2, -0.15) is 0 Å². The Morgan fingerprint density at radius 2 is 1.45 bits per heavy atom. The molecule has 0 unspecified atom stereocenters. The first-order valence-electron chi connectivity index (χ1n) is 10.3. The van der Waals surface area contributed by atoms with E-state index in [0.29, 0.717) is 0 Å². The second kappa shape index (κ2) is 6.00. The van der Waals surface area contributed by atoms with E-state index in [2.05, 4.69) is 95.3 Å². The van der Waals surface area contributed by atoms with E-state index < -0.39 is 0 Å². The molecule has 1 aliphatic rings. The van der Waals surface area contributed by atoms with Crippen molar-refractivity contribution >= 4 is 10.8 Å². The van der Waals surface area contributed by atoms with Gasteiger partial charge in [-0.1, -0.05) is 83.1 Å². The Labute approximate surface area is 172 Å². The van der Waals surface area contributed by atoms with Gasteiger partial charge in [0.1, 0.15) is 6.33 Å². The van der Waals surface area contributed by atoms with Crippen LogP contribution in [-0.4, -0.2) is 9.97 Å². The molecule has 0 bridgehead atoms. The van der Waals surface area contributed by atoms with Crippen molar-refractivity contribution in [2.45, 2.75) is 45.4 Å². The molecule has 0 radical (unpaired) electrons. The van der Waals surface area contributed by atoms with E-state index in [1.807, 2.05) is 0 Å². The highest BCUT2D eigenvalue weighted by Gasteiger charge is 2.39. The Kier molecular flexibility index (Phi) is 3.73. The fourth-order valence-corrected chi connectivity index (χ4v) is 4.55. The normalized spacial score (nSPS) is 14.7. The molecule has 1 aliphatic carbocycles. The van der Waals surface area contributed by atoms with Gasteiger partial charge in [0, 0.05) is 16.5 Å². The molecule has 5 rings (SSSR count). The highest BCUT2D eigenvalue weighted by atomic mass is 14.9. The molecule has 0 saturated carbocycles. The van der Waals surface area contributed by atoms with Crippen molar-refractivity contribution in [3.63, 3.8) is 0 Å². The van der Waals surface area contributed by atoms with Gasteiger partial charge < -0.3 is 0 Å². The molecule has 0 fully saturated rings. The molecule has 144 valence electrons. The van der Waals surface area contributed by atoms with Crippen molar-refractivity contribution in [1.29, 1.82) is 0 Å². The van der Waals surface area contributed by atoms with E-state index >= 15 is 0 Å². The van der Waals surface area contributed by atoms with Crippen LogP contribution < -0.4 is 0 Å². The summed E-state index contributed by atoms with van der Waals surface area (Å²) in [5, 5.41) is 2.53. The monoisotopic (exact) mass is 378 g/mol. The minimum atomic E-state index is -0.141. The Balaban J connectivity index is 1.76. The molecule has 2 nitrogen and oxygen atoms in total. The summed E-state index contributed by atoms with van der Waals surface area (Å²) in [7, 11) is 0. The summed E-state index contributed by atoms with van der Waals surface area (Å²) >= 11 is 0. The highest BCUT2D eigenvalue weighted by molar-refractivity contribution is 5.96. The average molecular weight is 379 g/mol. The van der Waals surface area contributed by atoms with Gasteiger partial charge in [0.25, 0.3) is 0 Å². The van der Waals surface area contributed by atoms with Gasteiger partial charge in [-0.3, -0.25) is 0 Å². The lowest BCUT2D eigenvalue weighted by Crippen LogP contribution is -2.17. The second-order valence-corrected chi connectivity index (χ2v) is 9.64. The van der Waals surface area contributed by atoms with Gasteiger partial charge >= 0.3 is 0 Å².